The molecule has 0 bridgehead atoms. The summed E-state index contributed by atoms with van der Waals surface area (Å²) in [6, 6.07) is 12.0. The second-order valence-corrected chi connectivity index (χ2v) is 11.6. The molecule has 35 heavy (non-hydrogen) atoms. The highest BCUT2D eigenvalue weighted by Gasteiger charge is 2.54. The largest absolute Gasteiger partial charge is 0.329 e. The van der Waals surface area contributed by atoms with Gasteiger partial charge in [-0.3, -0.25) is 9.59 Å². The molecule has 3 heterocycles. The minimum absolute atomic E-state index is 0.00863. The topological polar surface area (TPSA) is 78.0 Å². The molecule has 5 rings (SSSR count). The van der Waals surface area contributed by atoms with Gasteiger partial charge in [-0.25, -0.2) is 12.7 Å². The Bertz CT molecular complexity index is 1270. The number of rotatable bonds is 7. The molecule has 2 aromatic rings. The summed E-state index contributed by atoms with van der Waals surface area (Å²) in [6.07, 6.45) is 7.01. The lowest BCUT2D eigenvalue weighted by molar-refractivity contribution is -0.134. The van der Waals surface area contributed by atoms with E-state index in [0.29, 0.717) is 31.6 Å². The minimum atomic E-state index is -4.09. The number of piperidine rings is 1. The quantitative estimate of drug-likeness (QED) is 0.585. The Morgan fingerprint density at radius 2 is 1.77 bits per heavy atom. The van der Waals surface area contributed by atoms with Gasteiger partial charge in [0.2, 0.25) is 11.8 Å². The average Bonchev–Trinajstić information content (AvgIpc) is 3.41. The molecule has 0 saturated carbocycles. The standard InChI is InChI=1S/C27H33N3O4S/c1-2-8-23-26-24(13-18-29(26)25(31)14-17-28-15-6-3-7-16-28)30(27(23)32)35(33,34)22-12-11-20-9-4-5-10-21(20)19-22/h4-5,9-13,19,23,26H,2-3,6-8,14-18H2,1H3/t23-,26-/m1/s1. The molecule has 7 nitrogen and oxygen atoms in total. The number of carbonyl (C=O) groups is 2. The van der Waals surface area contributed by atoms with E-state index in [1.54, 1.807) is 29.2 Å². The average molecular weight is 496 g/mol. The fraction of sp³-hybridized carbons (Fsp3) is 0.481. The molecule has 0 spiro atoms. The van der Waals surface area contributed by atoms with Gasteiger partial charge in [-0.1, -0.05) is 50.1 Å². The maximum atomic E-state index is 13.7. The third kappa shape index (κ3) is 4.38. The Labute approximate surface area is 207 Å². The predicted molar refractivity (Wildman–Crippen MR) is 135 cm³/mol. The van der Waals surface area contributed by atoms with Crippen LogP contribution in [0.3, 0.4) is 0 Å². The van der Waals surface area contributed by atoms with Gasteiger partial charge in [0, 0.05) is 19.5 Å². The van der Waals surface area contributed by atoms with Crippen LogP contribution in [0.4, 0.5) is 0 Å². The summed E-state index contributed by atoms with van der Waals surface area (Å²) in [6.45, 7) is 5.08. The van der Waals surface area contributed by atoms with E-state index in [-0.39, 0.29) is 10.8 Å². The molecular weight excluding hydrogens is 462 g/mol. The monoisotopic (exact) mass is 495 g/mol. The SMILES string of the molecule is CCC[C@H]1C(=O)N(S(=O)(=O)c2ccc3ccccc3c2)C2=CCN(C(=O)CCN3CCCCC3)[C@@H]21. The molecular formula is C27H33N3O4S. The first-order chi connectivity index (χ1) is 16.9. The number of fused-ring (bicyclic) bond motifs is 2. The number of benzene rings is 2. The van der Waals surface area contributed by atoms with Crippen LogP contribution in [0.25, 0.3) is 10.8 Å². The van der Waals surface area contributed by atoms with Gasteiger partial charge in [-0.05, 0) is 61.3 Å². The second-order valence-electron chi connectivity index (χ2n) is 9.78. The molecule has 8 heteroatoms. The lowest BCUT2D eigenvalue weighted by atomic mass is 9.96. The number of amides is 2. The molecule has 2 fully saturated rings. The van der Waals surface area contributed by atoms with Gasteiger partial charge in [0.15, 0.2) is 0 Å². The van der Waals surface area contributed by atoms with Crippen LogP contribution in [0.15, 0.2) is 59.1 Å². The maximum Gasteiger partial charge on any atom is 0.270 e. The first kappa shape index (κ1) is 24.0. The first-order valence-corrected chi connectivity index (χ1v) is 14.2. The smallest absolute Gasteiger partial charge is 0.270 e. The molecule has 2 amide bonds. The van der Waals surface area contributed by atoms with Crippen molar-refractivity contribution in [2.45, 2.75) is 56.4 Å². The highest BCUT2D eigenvalue weighted by Crippen LogP contribution is 2.42. The summed E-state index contributed by atoms with van der Waals surface area (Å²) >= 11 is 0. The van der Waals surface area contributed by atoms with E-state index in [4.69, 9.17) is 0 Å². The van der Waals surface area contributed by atoms with Gasteiger partial charge in [-0.2, -0.15) is 0 Å². The van der Waals surface area contributed by atoms with Gasteiger partial charge in [0.1, 0.15) is 0 Å². The molecule has 2 aromatic carbocycles. The third-order valence-corrected chi connectivity index (χ3v) is 9.26. The normalized spacial score (nSPS) is 23.1. The lowest BCUT2D eigenvalue weighted by Gasteiger charge is -2.30. The zero-order valence-corrected chi connectivity index (χ0v) is 21.0. The molecule has 0 unspecified atom stereocenters. The Morgan fingerprint density at radius 1 is 1.03 bits per heavy atom. The van der Waals surface area contributed by atoms with Crippen molar-refractivity contribution in [3.8, 4) is 0 Å². The van der Waals surface area contributed by atoms with E-state index in [1.165, 1.54) is 19.3 Å². The van der Waals surface area contributed by atoms with Gasteiger partial charge >= 0.3 is 0 Å². The number of carbonyl (C=O) groups excluding carboxylic acids is 2. The van der Waals surface area contributed by atoms with Crippen LogP contribution in [0.5, 0.6) is 0 Å². The van der Waals surface area contributed by atoms with Gasteiger partial charge in [-0.15, -0.1) is 0 Å². The van der Waals surface area contributed by atoms with Crippen LogP contribution in [-0.2, 0) is 19.6 Å². The Morgan fingerprint density at radius 3 is 2.51 bits per heavy atom. The van der Waals surface area contributed by atoms with Crippen molar-refractivity contribution in [2.24, 2.45) is 5.92 Å². The van der Waals surface area contributed by atoms with Crippen molar-refractivity contribution in [3.63, 3.8) is 0 Å². The molecule has 2 saturated heterocycles. The summed E-state index contributed by atoms with van der Waals surface area (Å²) in [5.41, 5.74) is 0.438. The van der Waals surface area contributed by atoms with Crippen molar-refractivity contribution < 1.29 is 18.0 Å². The summed E-state index contributed by atoms with van der Waals surface area (Å²) in [5.74, 6) is -0.974. The van der Waals surface area contributed by atoms with E-state index >= 15 is 0 Å². The van der Waals surface area contributed by atoms with Crippen molar-refractivity contribution in [1.82, 2.24) is 14.1 Å². The third-order valence-electron chi connectivity index (χ3n) is 7.54. The Balaban J connectivity index is 1.41. The van der Waals surface area contributed by atoms with Crippen LogP contribution in [0.1, 0.15) is 45.4 Å². The van der Waals surface area contributed by atoms with Crippen LogP contribution in [0.2, 0.25) is 0 Å². The summed E-state index contributed by atoms with van der Waals surface area (Å²) in [7, 11) is -4.09. The van der Waals surface area contributed by atoms with Crippen LogP contribution < -0.4 is 0 Å². The highest BCUT2D eigenvalue weighted by molar-refractivity contribution is 7.89. The Kier molecular flexibility index (Phi) is 6.68. The fourth-order valence-corrected chi connectivity index (χ4v) is 7.30. The predicted octanol–water partition coefficient (Wildman–Crippen LogP) is 3.76. The van der Waals surface area contributed by atoms with E-state index in [9.17, 15) is 18.0 Å². The molecule has 0 radical (unpaired) electrons. The summed E-state index contributed by atoms with van der Waals surface area (Å²) < 4.78 is 28.5. The number of hydrogen-bond donors (Lipinski definition) is 0. The first-order valence-electron chi connectivity index (χ1n) is 12.7. The van der Waals surface area contributed by atoms with Crippen LogP contribution in [0, 0.1) is 5.92 Å². The second kappa shape index (κ2) is 9.74. The fourth-order valence-electron chi connectivity index (χ4n) is 5.75. The number of nitrogens with zero attached hydrogens (tertiary/aromatic N) is 3. The van der Waals surface area contributed by atoms with E-state index < -0.39 is 27.9 Å². The molecule has 2 atom stereocenters. The molecule has 0 aliphatic carbocycles. The minimum Gasteiger partial charge on any atom is -0.329 e. The zero-order chi connectivity index (χ0) is 24.6. The number of sulfonamides is 1. The summed E-state index contributed by atoms with van der Waals surface area (Å²) in [4.78, 5) is 30.9. The molecule has 3 aliphatic heterocycles. The maximum absolute atomic E-state index is 13.7. The number of likely N-dealkylation sites (tertiary alicyclic amines) is 1. The molecule has 0 N–H and O–H groups in total. The zero-order valence-electron chi connectivity index (χ0n) is 20.2. The van der Waals surface area contributed by atoms with E-state index in [0.717, 1.165) is 34.6 Å². The van der Waals surface area contributed by atoms with E-state index in [1.807, 2.05) is 31.2 Å². The van der Waals surface area contributed by atoms with Crippen LogP contribution >= 0.6 is 0 Å². The molecule has 186 valence electrons. The van der Waals surface area contributed by atoms with Gasteiger partial charge < -0.3 is 9.80 Å². The van der Waals surface area contributed by atoms with Crippen molar-refractivity contribution in [2.75, 3.05) is 26.2 Å². The molecule has 0 aromatic heterocycles. The Hall–Kier alpha value is -2.71. The summed E-state index contributed by atoms with van der Waals surface area (Å²) in [5, 5.41) is 1.74. The van der Waals surface area contributed by atoms with Gasteiger partial charge in [0.05, 0.1) is 22.6 Å². The van der Waals surface area contributed by atoms with Crippen LogP contribution in [-0.4, -0.2) is 66.6 Å². The highest BCUT2D eigenvalue weighted by atomic mass is 32.2. The van der Waals surface area contributed by atoms with Crippen molar-refractivity contribution in [3.05, 3.63) is 54.2 Å². The van der Waals surface area contributed by atoms with Crippen molar-refractivity contribution in [1.29, 1.82) is 0 Å². The lowest BCUT2D eigenvalue weighted by Crippen LogP contribution is -2.42. The van der Waals surface area contributed by atoms with E-state index in [2.05, 4.69) is 4.90 Å². The van der Waals surface area contributed by atoms with Gasteiger partial charge in [0.25, 0.3) is 10.0 Å². The molecule has 3 aliphatic rings. The van der Waals surface area contributed by atoms with Crippen molar-refractivity contribution >= 4 is 32.6 Å². The number of hydrogen-bond acceptors (Lipinski definition) is 5.